The van der Waals surface area contributed by atoms with Crippen molar-refractivity contribution in [1.82, 2.24) is 0 Å². The molecule has 0 aliphatic heterocycles. The standard InChI is InChI=1S/C42H26O/c1-2-12-28-25-31(24-23-27(28)11-1)41-36-18-5-3-16-34(36)40(35-17-4-6-19-37(35)41)30-14-9-13-29(26-30)32-20-10-21-38-33-15-7-8-22-39(33)43-42(32)38/h1-26H/i1D,2D,3D,4D,5D,6D,7D,8D,10D,11D,12D,15D,20D,21D,22D,23D. The first-order valence-electron chi connectivity index (χ1n) is 21.4. The van der Waals surface area contributed by atoms with Crippen LogP contribution in [0.25, 0.3) is 87.6 Å². The second-order valence-corrected chi connectivity index (χ2v) is 10.1. The molecule has 0 atom stereocenters. The van der Waals surface area contributed by atoms with E-state index in [-0.39, 0.29) is 86.6 Å². The van der Waals surface area contributed by atoms with Crippen LogP contribution >= 0.6 is 0 Å². The lowest BCUT2D eigenvalue weighted by Crippen LogP contribution is -1.91. The van der Waals surface area contributed by atoms with Gasteiger partial charge in [0.05, 0.1) is 21.9 Å². The van der Waals surface area contributed by atoms with Gasteiger partial charge in [-0.15, -0.1) is 0 Å². The summed E-state index contributed by atoms with van der Waals surface area (Å²) in [6, 6.07) is 9.89. The molecule has 1 nitrogen and oxygen atoms in total. The predicted molar refractivity (Wildman–Crippen MR) is 183 cm³/mol. The van der Waals surface area contributed by atoms with Crippen molar-refractivity contribution in [3.05, 3.63) is 157 Å². The number of hydrogen-bond acceptors (Lipinski definition) is 1. The average molecular weight is 563 g/mol. The molecule has 9 rings (SSSR count). The van der Waals surface area contributed by atoms with Gasteiger partial charge in [-0.2, -0.15) is 0 Å². The van der Waals surface area contributed by atoms with Crippen LogP contribution in [0.5, 0.6) is 0 Å². The molecule has 0 fully saturated rings. The van der Waals surface area contributed by atoms with Crippen molar-refractivity contribution in [2.24, 2.45) is 0 Å². The minimum Gasteiger partial charge on any atom is -0.455 e. The monoisotopic (exact) mass is 562 g/mol. The number of para-hydroxylation sites is 2. The second-order valence-electron chi connectivity index (χ2n) is 10.1. The third-order valence-corrected chi connectivity index (χ3v) is 7.74. The van der Waals surface area contributed by atoms with E-state index >= 15 is 0 Å². The summed E-state index contributed by atoms with van der Waals surface area (Å²) >= 11 is 0. The van der Waals surface area contributed by atoms with Crippen molar-refractivity contribution < 1.29 is 26.3 Å². The summed E-state index contributed by atoms with van der Waals surface area (Å²) in [4.78, 5) is 0. The highest BCUT2D eigenvalue weighted by Crippen LogP contribution is 2.45. The van der Waals surface area contributed by atoms with E-state index in [0.29, 0.717) is 49.4 Å². The summed E-state index contributed by atoms with van der Waals surface area (Å²) in [7, 11) is 0. The second kappa shape index (κ2) is 9.44. The van der Waals surface area contributed by atoms with Crippen LogP contribution in [0.1, 0.15) is 21.9 Å². The smallest absolute Gasteiger partial charge is 0.143 e. The van der Waals surface area contributed by atoms with Crippen molar-refractivity contribution >= 4 is 54.3 Å². The van der Waals surface area contributed by atoms with Crippen LogP contribution in [-0.4, -0.2) is 0 Å². The summed E-state index contributed by atoms with van der Waals surface area (Å²) in [6.07, 6.45) is 0. The van der Waals surface area contributed by atoms with Gasteiger partial charge in [-0.05, 0) is 78.3 Å². The lowest BCUT2D eigenvalue weighted by Gasteiger charge is -2.18. The van der Waals surface area contributed by atoms with E-state index in [1.807, 2.05) is 0 Å². The number of hydrogen-bond donors (Lipinski definition) is 0. The lowest BCUT2D eigenvalue weighted by molar-refractivity contribution is 0.670. The summed E-state index contributed by atoms with van der Waals surface area (Å²) in [5.74, 6) is 0. The van der Waals surface area contributed by atoms with Gasteiger partial charge in [0.2, 0.25) is 0 Å². The van der Waals surface area contributed by atoms with Crippen LogP contribution in [0.15, 0.2) is 162 Å². The molecular weight excluding hydrogens is 520 g/mol. The van der Waals surface area contributed by atoms with Gasteiger partial charge in [0, 0.05) is 16.3 Å². The van der Waals surface area contributed by atoms with E-state index in [9.17, 15) is 0 Å². The fraction of sp³-hybridized carbons (Fsp3) is 0. The van der Waals surface area contributed by atoms with Gasteiger partial charge in [-0.1, -0.05) is 139 Å². The first-order valence-corrected chi connectivity index (χ1v) is 13.4. The molecule has 0 bridgehead atoms. The predicted octanol–water partition coefficient (Wildman–Crippen LogP) is 12.0. The zero-order valence-electron chi connectivity index (χ0n) is 38.2. The SMILES string of the molecule is [2H]c1cc2c(-c3cccc(-c4c([2H])c([2H])c([2H])c5c4oc4c([2H])c([2H])c([2H])c([2H])c45)c3)c3cc([2H])c([2H])cc3c(-c3cc([2H])c4c([2H])c([2H])c([2H])c([2H])c4c3)c2cc1[2H]. The molecule has 0 aliphatic carbocycles. The maximum Gasteiger partial charge on any atom is 0.143 e. The first-order chi connectivity index (χ1) is 27.9. The Kier molecular flexibility index (Phi) is 2.88. The Balaban J connectivity index is 1.40. The average Bonchev–Trinajstić information content (AvgIpc) is 3.60. The number of furan rings is 1. The number of fused-ring (bicyclic) bond motifs is 6. The first kappa shape index (κ1) is 13.1. The molecule has 0 amide bonds. The molecule has 1 heteroatoms. The molecular formula is C42H26O. The maximum atomic E-state index is 9.02. The molecule has 0 spiro atoms. The van der Waals surface area contributed by atoms with Crippen molar-refractivity contribution in [2.75, 3.05) is 0 Å². The van der Waals surface area contributed by atoms with Crippen LogP contribution in [-0.2, 0) is 0 Å². The van der Waals surface area contributed by atoms with Gasteiger partial charge in [0.25, 0.3) is 0 Å². The highest BCUT2D eigenvalue weighted by molar-refractivity contribution is 6.22. The van der Waals surface area contributed by atoms with Crippen molar-refractivity contribution in [1.29, 1.82) is 0 Å². The highest BCUT2D eigenvalue weighted by Gasteiger charge is 2.18. The minimum absolute atomic E-state index is 0.0193. The van der Waals surface area contributed by atoms with E-state index in [4.69, 9.17) is 26.3 Å². The largest absolute Gasteiger partial charge is 0.455 e. The fourth-order valence-corrected chi connectivity index (χ4v) is 5.90. The maximum absolute atomic E-state index is 9.02. The topological polar surface area (TPSA) is 13.1 Å². The Bertz CT molecular complexity index is 3340. The Hall–Kier alpha value is -5.66. The van der Waals surface area contributed by atoms with Gasteiger partial charge in [0.1, 0.15) is 11.2 Å². The normalized spacial score (nSPS) is 16.9. The van der Waals surface area contributed by atoms with Crippen LogP contribution in [0, 0.1) is 0 Å². The number of rotatable bonds is 3. The van der Waals surface area contributed by atoms with Gasteiger partial charge in [-0.3, -0.25) is 0 Å². The van der Waals surface area contributed by atoms with E-state index in [2.05, 4.69) is 0 Å². The zero-order valence-corrected chi connectivity index (χ0v) is 22.2. The quantitative estimate of drug-likeness (QED) is 0.195. The molecule has 0 radical (unpaired) electrons. The molecule has 1 heterocycles. The van der Waals surface area contributed by atoms with Gasteiger partial charge in [0.15, 0.2) is 0 Å². The molecule has 1 aromatic heterocycles. The third kappa shape index (κ3) is 3.72. The molecule has 8 aromatic carbocycles. The Morgan fingerprint density at radius 1 is 0.419 bits per heavy atom. The Morgan fingerprint density at radius 3 is 1.77 bits per heavy atom. The molecule has 0 saturated heterocycles. The Morgan fingerprint density at radius 2 is 1.02 bits per heavy atom. The van der Waals surface area contributed by atoms with Crippen LogP contribution in [0.2, 0.25) is 0 Å². The van der Waals surface area contributed by atoms with Gasteiger partial charge < -0.3 is 4.42 Å². The molecule has 200 valence electrons. The summed E-state index contributed by atoms with van der Waals surface area (Å²) in [5.41, 5.74) is 1.75. The molecule has 0 aliphatic rings. The summed E-state index contributed by atoms with van der Waals surface area (Å²) < 4.78 is 144. The van der Waals surface area contributed by atoms with Crippen LogP contribution in [0.3, 0.4) is 0 Å². The third-order valence-electron chi connectivity index (χ3n) is 7.74. The van der Waals surface area contributed by atoms with E-state index in [0.717, 1.165) is 0 Å². The highest BCUT2D eigenvalue weighted by atomic mass is 16.3. The molecule has 43 heavy (non-hydrogen) atoms. The molecule has 0 saturated carbocycles. The molecule has 9 aromatic rings. The van der Waals surface area contributed by atoms with Gasteiger partial charge in [-0.25, -0.2) is 0 Å². The Labute approximate surface area is 271 Å². The minimum atomic E-state index is -0.544. The summed E-state index contributed by atoms with van der Waals surface area (Å²) in [6.45, 7) is 0. The van der Waals surface area contributed by atoms with E-state index in [1.165, 1.54) is 36.4 Å². The zero-order chi connectivity index (χ0) is 42.3. The van der Waals surface area contributed by atoms with E-state index < -0.39 is 48.3 Å². The van der Waals surface area contributed by atoms with Crippen molar-refractivity contribution in [3.8, 4) is 33.4 Å². The number of benzene rings is 8. The lowest BCUT2D eigenvalue weighted by atomic mass is 9.85. The van der Waals surface area contributed by atoms with E-state index in [1.54, 1.807) is 24.3 Å². The molecule has 0 unspecified atom stereocenters. The summed E-state index contributed by atoms with van der Waals surface area (Å²) in [5, 5.41) is 1.65. The van der Waals surface area contributed by atoms with Crippen molar-refractivity contribution in [3.63, 3.8) is 0 Å². The van der Waals surface area contributed by atoms with Crippen molar-refractivity contribution in [2.45, 2.75) is 0 Å². The fourth-order valence-electron chi connectivity index (χ4n) is 5.90. The van der Waals surface area contributed by atoms with Gasteiger partial charge >= 0.3 is 0 Å². The van der Waals surface area contributed by atoms with Crippen LogP contribution in [0.4, 0.5) is 0 Å². The van der Waals surface area contributed by atoms with Crippen LogP contribution < -0.4 is 0 Å². The molecule has 0 N–H and O–H groups in total.